The Hall–Kier alpha value is -0.990. The molecule has 0 aliphatic heterocycles. The van der Waals surface area contributed by atoms with Gasteiger partial charge in [0.1, 0.15) is 6.33 Å². The molecule has 0 amide bonds. The van der Waals surface area contributed by atoms with E-state index in [1.165, 1.54) is 6.33 Å². The van der Waals surface area contributed by atoms with Gasteiger partial charge in [0.2, 0.25) is 0 Å². The lowest BCUT2D eigenvalue weighted by atomic mass is 10.2. The van der Waals surface area contributed by atoms with E-state index >= 15 is 0 Å². The highest BCUT2D eigenvalue weighted by Gasteiger charge is 1.97. The fraction of sp³-hybridized carbons (Fsp3) is 0.500. The Morgan fingerprint density at radius 1 is 1.44 bits per heavy atom. The van der Waals surface area contributed by atoms with Crippen molar-refractivity contribution >= 4 is 0 Å². The van der Waals surface area contributed by atoms with Crippen molar-refractivity contribution in [2.45, 2.75) is 19.8 Å². The first-order chi connectivity index (χ1) is 4.30. The molecule has 0 radical (unpaired) electrons. The minimum absolute atomic E-state index is 0.422. The van der Waals surface area contributed by atoms with Crippen molar-refractivity contribution < 1.29 is 0 Å². The fourth-order valence-electron chi connectivity index (χ4n) is 0.522. The molecule has 9 heavy (non-hydrogen) atoms. The number of nitrogens with zero attached hydrogens (tertiary/aromatic N) is 3. The molecule has 0 spiro atoms. The van der Waals surface area contributed by atoms with E-state index in [-0.39, 0.29) is 0 Å². The molecule has 0 aromatic carbocycles. The lowest BCUT2D eigenvalue weighted by Crippen LogP contribution is -1.94. The van der Waals surface area contributed by atoms with Crippen LogP contribution in [-0.4, -0.2) is 15.2 Å². The van der Waals surface area contributed by atoms with Crippen LogP contribution in [-0.2, 0) is 0 Å². The topological polar surface area (TPSA) is 38.7 Å². The molecule has 0 N–H and O–H groups in total. The zero-order valence-electron chi connectivity index (χ0n) is 5.57. The maximum atomic E-state index is 3.87. The third-order valence-corrected chi connectivity index (χ3v) is 1.09. The van der Waals surface area contributed by atoms with Crippen LogP contribution in [0, 0.1) is 0 Å². The van der Waals surface area contributed by atoms with Crippen molar-refractivity contribution in [2.24, 2.45) is 0 Å². The molecule has 1 rings (SSSR count). The summed E-state index contributed by atoms with van der Waals surface area (Å²) >= 11 is 0. The van der Waals surface area contributed by atoms with E-state index in [2.05, 4.69) is 29.0 Å². The molecule has 0 unspecified atom stereocenters. The standard InChI is InChI=1S/C6H9N3/c1-5(2)6-3-7-4-8-9-6/h3-5H,1-2H3. The van der Waals surface area contributed by atoms with Gasteiger partial charge in [-0.3, -0.25) is 0 Å². The summed E-state index contributed by atoms with van der Waals surface area (Å²) in [5, 5.41) is 7.51. The van der Waals surface area contributed by atoms with E-state index in [0.717, 1.165) is 5.69 Å². The summed E-state index contributed by atoms with van der Waals surface area (Å²) in [6, 6.07) is 0. The van der Waals surface area contributed by atoms with Crippen LogP contribution >= 0.6 is 0 Å². The van der Waals surface area contributed by atoms with Gasteiger partial charge in [-0.15, -0.1) is 5.10 Å². The zero-order chi connectivity index (χ0) is 6.69. The Labute approximate surface area is 54.2 Å². The van der Waals surface area contributed by atoms with E-state index in [4.69, 9.17) is 0 Å². The highest BCUT2D eigenvalue weighted by molar-refractivity contribution is 4.96. The normalized spacial score (nSPS) is 10.1. The molecule has 0 aliphatic rings. The molecule has 1 heterocycles. The summed E-state index contributed by atoms with van der Waals surface area (Å²) in [6.07, 6.45) is 3.17. The molecule has 0 fully saturated rings. The van der Waals surface area contributed by atoms with E-state index in [9.17, 15) is 0 Å². The van der Waals surface area contributed by atoms with Gasteiger partial charge in [-0.1, -0.05) is 13.8 Å². The SMILES string of the molecule is CC(C)c1cncnn1. The molecule has 0 aliphatic carbocycles. The summed E-state index contributed by atoms with van der Waals surface area (Å²) in [5.74, 6) is 0.422. The second-order valence-electron chi connectivity index (χ2n) is 2.19. The van der Waals surface area contributed by atoms with Crippen LogP contribution in [0.25, 0.3) is 0 Å². The van der Waals surface area contributed by atoms with Crippen molar-refractivity contribution in [1.29, 1.82) is 0 Å². The molecule has 1 aromatic rings. The van der Waals surface area contributed by atoms with E-state index < -0.39 is 0 Å². The molecule has 0 atom stereocenters. The summed E-state index contributed by atoms with van der Waals surface area (Å²) in [5.41, 5.74) is 0.942. The average Bonchev–Trinajstić information content (AvgIpc) is 1.90. The van der Waals surface area contributed by atoms with Crippen molar-refractivity contribution in [3.8, 4) is 0 Å². The van der Waals surface area contributed by atoms with Gasteiger partial charge in [-0.25, -0.2) is 4.98 Å². The summed E-state index contributed by atoms with van der Waals surface area (Å²) in [7, 11) is 0. The van der Waals surface area contributed by atoms with Crippen LogP contribution in [0.15, 0.2) is 12.5 Å². The van der Waals surface area contributed by atoms with Gasteiger partial charge in [0, 0.05) is 0 Å². The van der Waals surface area contributed by atoms with Crippen molar-refractivity contribution in [3.05, 3.63) is 18.2 Å². The Bertz CT molecular complexity index is 171. The minimum atomic E-state index is 0.422. The number of hydrogen-bond donors (Lipinski definition) is 0. The number of aromatic nitrogens is 3. The lowest BCUT2D eigenvalue weighted by molar-refractivity contribution is 0.766. The molecule has 3 heteroatoms. The largest absolute Gasteiger partial charge is 0.241 e. The molecule has 3 nitrogen and oxygen atoms in total. The van der Waals surface area contributed by atoms with Gasteiger partial charge in [0.15, 0.2) is 0 Å². The van der Waals surface area contributed by atoms with Gasteiger partial charge in [0.25, 0.3) is 0 Å². The first kappa shape index (κ1) is 6.13. The predicted octanol–water partition coefficient (Wildman–Crippen LogP) is 0.995. The molecule has 0 bridgehead atoms. The molecular weight excluding hydrogens is 114 g/mol. The summed E-state index contributed by atoms with van der Waals surface area (Å²) in [4.78, 5) is 3.83. The third-order valence-electron chi connectivity index (χ3n) is 1.09. The van der Waals surface area contributed by atoms with Crippen LogP contribution in [0.2, 0.25) is 0 Å². The van der Waals surface area contributed by atoms with Gasteiger partial charge < -0.3 is 0 Å². The maximum absolute atomic E-state index is 3.87. The van der Waals surface area contributed by atoms with Crippen LogP contribution in [0.5, 0.6) is 0 Å². The van der Waals surface area contributed by atoms with E-state index in [1.54, 1.807) is 6.20 Å². The first-order valence-electron chi connectivity index (χ1n) is 2.93. The summed E-state index contributed by atoms with van der Waals surface area (Å²) in [6.45, 7) is 4.12. The minimum Gasteiger partial charge on any atom is -0.241 e. The second-order valence-corrected chi connectivity index (χ2v) is 2.19. The van der Waals surface area contributed by atoms with Crippen molar-refractivity contribution in [1.82, 2.24) is 15.2 Å². The molecule has 0 saturated carbocycles. The van der Waals surface area contributed by atoms with Gasteiger partial charge in [0.05, 0.1) is 11.9 Å². The second kappa shape index (κ2) is 2.53. The number of hydrogen-bond acceptors (Lipinski definition) is 3. The smallest absolute Gasteiger partial charge is 0.138 e. The maximum Gasteiger partial charge on any atom is 0.138 e. The van der Waals surface area contributed by atoms with Crippen LogP contribution in [0.3, 0.4) is 0 Å². The van der Waals surface area contributed by atoms with Crippen molar-refractivity contribution in [3.63, 3.8) is 0 Å². The Morgan fingerprint density at radius 3 is 2.56 bits per heavy atom. The lowest BCUT2D eigenvalue weighted by Gasteiger charge is -1.98. The molecule has 1 aromatic heterocycles. The van der Waals surface area contributed by atoms with Crippen LogP contribution < -0.4 is 0 Å². The number of rotatable bonds is 1. The van der Waals surface area contributed by atoms with E-state index in [1.807, 2.05) is 0 Å². The molecule has 48 valence electrons. The predicted molar refractivity (Wildman–Crippen MR) is 33.9 cm³/mol. The first-order valence-corrected chi connectivity index (χ1v) is 2.93. The molecule has 0 saturated heterocycles. The van der Waals surface area contributed by atoms with Gasteiger partial charge in [-0.05, 0) is 5.92 Å². The van der Waals surface area contributed by atoms with Crippen molar-refractivity contribution in [2.75, 3.05) is 0 Å². The Morgan fingerprint density at radius 2 is 2.22 bits per heavy atom. The zero-order valence-corrected chi connectivity index (χ0v) is 5.57. The highest BCUT2D eigenvalue weighted by Crippen LogP contribution is 2.05. The van der Waals surface area contributed by atoms with E-state index in [0.29, 0.717) is 5.92 Å². The Kier molecular flexibility index (Phi) is 1.72. The van der Waals surface area contributed by atoms with Crippen LogP contribution in [0.1, 0.15) is 25.5 Å². The highest BCUT2D eigenvalue weighted by atomic mass is 15.1. The van der Waals surface area contributed by atoms with Gasteiger partial charge >= 0.3 is 0 Å². The Balaban J connectivity index is 2.85. The van der Waals surface area contributed by atoms with Crippen LogP contribution in [0.4, 0.5) is 0 Å². The fourth-order valence-corrected chi connectivity index (χ4v) is 0.522. The molecular formula is C6H9N3. The average molecular weight is 123 g/mol. The monoisotopic (exact) mass is 123 g/mol. The quantitative estimate of drug-likeness (QED) is 0.559. The van der Waals surface area contributed by atoms with Gasteiger partial charge in [-0.2, -0.15) is 5.10 Å². The third kappa shape index (κ3) is 1.45. The summed E-state index contributed by atoms with van der Waals surface area (Å²) < 4.78 is 0.